The normalized spacial score (nSPS) is 10.4. The second-order valence-electron chi connectivity index (χ2n) is 2.05. The lowest BCUT2D eigenvalue weighted by Gasteiger charge is -1.84. The fraction of sp³-hybridized carbons (Fsp3) is 0. The number of aromatic nitrogens is 3. The molecule has 62 valence electrons. The van der Waals surface area contributed by atoms with E-state index in [2.05, 4.69) is 20.4 Å². The molecule has 2 aromatic rings. The van der Waals surface area contributed by atoms with Crippen molar-refractivity contribution < 1.29 is 0 Å². The van der Waals surface area contributed by atoms with E-state index in [9.17, 15) is 4.79 Å². The fourth-order valence-corrected chi connectivity index (χ4v) is 1.55. The third-order valence-corrected chi connectivity index (χ3v) is 2.30. The van der Waals surface area contributed by atoms with Crippen molar-refractivity contribution in [3.63, 3.8) is 0 Å². The molecule has 0 aliphatic rings. The van der Waals surface area contributed by atoms with Crippen LogP contribution < -0.4 is 16.8 Å². The van der Waals surface area contributed by atoms with E-state index in [0.717, 1.165) is 0 Å². The highest BCUT2D eigenvalue weighted by atomic mass is 32.1. The largest absolute Gasteiger partial charge is 0.312 e. The quantitative estimate of drug-likeness (QED) is 0.415. The van der Waals surface area contributed by atoms with E-state index in [-0.39, 0.29) is 5.56 Å². The molecule has 4 N–H and O–H groups in total. The van der Waals surface area contributed by atoms with Gasteiger partial charge < -0.3 is 4.98 Å². The third-order valence-electron chi connectivity index (χ3n) is 1.32. The van der Waals surface area contributed by atoms with E-state index in [0.29, 0.717) is 15.5 Å². The molecule has 2 aromatic heterocycles. The summed E-state index contributed by atoms with van der Waals surface area (Å²) < 4.78 is 0.477. The van der Waals surface area contributed by atoms with Crippen LogP contribution in [0.2, 0.25) is 0 Å². The Balaban J connectivity index is 2.83. The minimum absolute atomic E-state index is 0.195. The Kier molecular flexibility index (Phi) is 1.52. The van der Waals surface area contributed by atoms with Crippen molar-refractivity contribution in [2.45, 2.75) is 0 Å². The molecule has 0 unspecified atom stereocenters. The van der Waals surface area contributed by atoms with Crippen LogP contribution in [0.5, 0.6) is 0 Å². The first kappa shape index (κ1) is 7.19. The Bertz CT molecular complexity index is 460. The van der Waals surface area contributed by atoms with Crippen LogP contribution in [0.1, 0.15) is 0 Å². The number of nitrogens with one attached hydrogen (secondary N) is 2. The van der Waals surface area contributed by atoms with Gasteiger partial charge in [0.25, 0.3) is 5.56 Å². The number of aromatic amines is 1. The highest BCUT2D eigenvalue weighted by Gasteiger charge is 2.05. The van der Waals surface area contributed by atoms with Gasteiger partial charge in [0.1, 0.15) is 4.70 Å². The average Bonchev–Trinajstić information content (AvgIpc) is 2.49. The van der Waals surface area contributed by atoms with Gasteiger partial charge in [-0.25, -0.2) is 10.8 Å². The third kappa shape index (κ3) is 0.953. The minimum atomic E-state index is -0.195. The molecule has 0 saturated carbocycles. The van der Waals surface area contributed by atoms with Crippen molar-refractivity contribution in [1.29, 1.82) is 0 Å². The topological polar surface area (TPSA) is 96.7 Å². The van der Waals surface area contributed by atoms with Crippen LogP contribution in [0.15, 0.2) is 11.1 Å². The standard InChI is InChI=1S/C5H5N5OS/c6-10-5-9-3-2(12-5)4(11)8-1-7-3/h1H,6H2,(H2,7,8,9,10,11). The summed E-state index contributed by atoms with van der Waals surface area (Å²) in [7, 11) is 0. The van der Waals surface area contributed by atoms with E-state index in [1.54, 1.807) is 0 Å². The van der Waals surface area contributed by atoms with Crippen LogP contribution in [-0.4, -0.2) is 15.0 Å². The number of H-pyrrole nitrogens is 1. The molecular weight excluding hydrogens is 178 g/mol. The number of anilines is 1. The number of nitrogens with two attached hydrogens (primary N) is 1. The van der Waals surface area contributed by atoms with E-state index < -0.39 is 0 Å². The van der Waals surface area contributed by atoms with Gasteiger partial charge in [0.2, 0.25) is 0 Å². The second-order valence-corrected chi connectivity index (χ2v) is 3.05. The van der Waals surface area contributed by atoms with Crippen molar-refractivity contribution in [3.05, 3.63) is 16.7 Å². The molecule has 0 amide bonds. The van der Waals surface area contributed by atoms with Crippen LogP contribution >= 0.6 is 11.3 Å². The van der Waals surface area contributed by atoms with Gasteiger partial charge in [0.05, 0.1) is 6.33 Å². The fourth-order valence-electron chi connectivity index (χ4n) is 0.827. The van der Waals surface area contributed by atoms with Gasteiger partial charge in [-0.1, -0.05) is 11.3 Å². The highest BCUT2D eigenvalue weighted by molar-refractivity contribution is 7.22. The smallest absolute Gasteiger partial charge is 0.270 e. The molecule has 0 saturated heterocycles. The minimum Gasteiger partial charge on any atom is -0.312 e. The van der Waals surface area contributed by atoms with Crippen molar-refractivity contribution in [1.82, 2.24) is 15.0 Å². The van der Waals surface area contributed by atoms with Crippen LogP contribution in [0.25, 0.3) is 10.3 Å². The summed E-state index contributed by atoms with van der Waals surface area (Å²) in [6.45, 7) is 0. The second kappa shape index (κ2) is 2.54. The molecule has 0 spiro atoms. The van der Waals surface area contributed by atoms with Gasteiger partial charge in [-0.15, -0.1) is 0 Å². The zero-order chi connectivity index (χ0) is 8.55. The van der Waals surface area contributed by atoms with Gasteiger partial charge >= 0.3 is 0 Å². The molecule has 0 aliphatic heterocycles. The molecule has 6 nitrogen and oxygen atoms in total. The molecule has 2 rings (SSSR count). The predicted molar refractivity (Wildman–Crippen MR) is 45.8 cm³/mol. The molecule has 0 aromatic carbocycles. The van der Waals surface area contributed by atoms with Crippen LogP contribution in [0.3, 0.4) is 0 Å². The number of rotatable bonds is 1. The van der Waals surface area contributed by atoms with Gasteiger partial charge in [0, 0.05) is 0 Å². The van der Waals surface area contributed by atoms with Crippen LogP contribution in [0.4, 0.5) is 5.13 Å². The molecule has 2 heterocycles. The lowest BCUT2D eigenvalue weighted by Crippen LogP contribution is -2.05. The number of nitrogen functional groups attached to an aromatic ring is 1. The van der Waals surface area contributed by atoms with Gasteiger partial charge in [-0.2, -0.15) is 4.98 Å². The first-order chi connectivity index (χ1) is 5.81. The van der Waals surface area contributed by atoms with Crippen molar-refractivity contribution in [2.24, 2.45) is 5.84 Å². The monoisotopic (exact) mass is 183 g/mol. The molecule has 0 atom stereocenters. The summed E-state index contributed by atoms with van der Waals surface area (Å²) in [6, 6.07) is 0. The highest BCUT2D eigenvalue weighted by Crippen LogP contribution is 2.19. The number of hydrazine groups is 1. The summed E-state index contributed by atoms with van der Waals surface area (Å²) in [5, 5.41) is 0.481. The van der Waals surface area contributed by atoms with Gasteiger partial charge in [-0.05, 0) is 0 Å². The van der Waals surface area contributed by atoms with Crippen LogP contribution in [-0.2, 0) is 0 Å². The number of nitrogens with zero attached hydrogens (tertiary/aromatic N) is 2. The Hall–Kier alpha value is -1.47. The maximum absolute atomic E-state index is 11.1. The Morgan fingerprint density at radius 1 is 1.67 bits per heavy atom. The molecule has 0 fully saturated rings. The summed E-state index contributed by atoms with van der Waals surface area (Å²) >= 11 is 1.17. The SMILES string of the molecule is NNc1nc2nc[nH]c(=O)c2s1. The maximum Gasteiger partial charge on any atom is 0.270 e. The van der Waals surface area contributed by atoms with Gasteiger partial charge in [-0.3, -0.25) is 10.2 Å². The number of fused-ring (bicyclic) bond motifs is 1. The Morgan fingerprint density at radius 2 is 2.50 bits per heavy atom. The average molecular weight is 183 g/mol. The predicted octanol–water partition coefficient (Wildman–Crippen LogP) is -0.335. The Labute approximate surface area is 70.4 Å². The molecular formula is C5H5N5OS. The molecule has 0 aliphatic carbocycles. The maximum atomic E-state index is 11.1. The first-order valence-corrected chi connectivity index (χ1v) is 3.94. The Morgan fingerprint density at radius 3 is 3.17 bits per heavy atom. The zero-order valence-electron chi connectivity index (χ0n) is 5.87. The van der Waals surface area contributed by atoms with E-state index in [4.69, 9.17) is 5.84 Å². The molecule has 0 radical (unpaired) electrons. The summed E-state index contributed by atoms with van der Waals surface area (Å²) in [5.74, 6) is 5.12. The summed E-state index contributed by atoms with van der Waals surface area (Å²) in [4.78, 5) is 21.4. The number of hydrogen-bond acceptors (Lipinski definition) is 6. The summed E-state index contributed by atoms with van der Waals surface area (Å²) in [5.41, 5.74) is 2.58. The van der Waals surface area contributed by atoms with Crippen molar-refractivity contribution in [3.8, 4) is 0 Å². The molecule has 0 bridgehead atoms. The van der Waals surface area contributed by atoms with E-state index in [1.807, 2.05) is 0 Å². The number of thiazole rings is 1. The number of hydrogen-bond donors (Lipinski definition) is 3. The van der Waals surface area contributed by atoms with Gasteiger partial charge in [0.15, 0.2) is 10.8 Å². The molecule has 7 heteroatoms. The van der Waals surface area contributed by atoms with E-state index >= 15 is 0 Å². The first-order valence-electron chi connectivity index (χ1n) is 3.12. The zero-order valence-corrected chi connectivity index (χ0v) is 6.68. The van der Waals surface area contributed by atoms with Crippen molar-refractivity contribution >= 4 is 26.8 Å². The van der Waals surface area contributed by atoms with E-state index in [1.165, 1.54) is 17.7 Å². The lowest BCUT2D eigenvalue weighted by molar-refractivity contribution is 1.16. The lowest BCUT2D eigenvalue weighted by atomic mass is 10.6. The van der Waals surface area contributed by atoms with Crippen LogP contribution in [0, 0.1) is 0 Å². The molecule has 12 heavy (non-hydrogen) atoms. The van der Waals surface area contributed by atoms with Crippen molar-refractivity contribution in [2.75, 3.05) is 5.43 Å². The summed E-state index contributed by atoms with van der Waals surface area (Å²) in [6.07, 6.45) is 1.31.